The largest absolute Gasteiger partial charge is 0.367 e. The Morgan fingerprint density at radius 1 is 1.40 bits per heavy atom. The molecule has 2 N–H and O–H groups in total. The van der Waals surface area contributed by atoms with E-state index >= 15 is 0 Å². The molecule has 1 saturated heterocycles. The van der Waals surface area contributed by atoms with Crippen LogP contribution in [0.25, 0.3) is 0 Å². The first-order valence-corrected chi connectivity index (χ1v) is 7.84. The van der Waals surface area contributed by atoms with Crippen molar-refractivity contribution in [1.29, 1.82) is 0 Å². The van der Waals surface area contributed by atoms with Gasteiger partial charge in [-0.05, 0) is 64.0 Å². The second-order valence-corrected chi connectivity index (χ2v) is 6.55. The van der Waals surface area contributed by atoms with Crippen molar-refractivity contribution in [2.24, 2.45) is 5.73 Å². The molecule has 0 bridgehead atoms. The summed E-state index contributed by atoms with van der Waals surface area (Å²) in [6.45, 7) is 7.70. The van der Waals surface area contributed by atoms with Crippen molar-refractivity contribution in [3.8, 4) is 0 Å². The number of hydrogen-bond acceptors (Lipinski definition) is 3. The van der Waals surface area contributed by atoms with E-state index in [1.807, 2.05) is 13.0 Å². The fraction of sp³-hybridized carbons (Fsp3) is 0.625. The fourth-order valence-corrected chi connectivity index (χ4v) is 3.27. The number of benzene rings is 1. The number of rotatable bonds is 3. The van der Waals surface area contributed by atoms with Crippen LogP contribution in [0.2, 0.25) is 5.02 Å². The highest BCUT2D eigenvalue weighted by Gasteiger charge is 2.22. The number of halogens is 1. The number of likely N-dealkylation sites (N-methyl/N-ethyl adjacent to an activating group) is 1. The molecule has 0 radical (unpaired) electrons. The van der Waals surface area contributed by atoms with Gasteiger partial charge >= 0.3 is 0 Å². The van der Waals surface area contributed by atoms with Crippen LogP contribution in [-0.2, 0) is 6.42 Å². The molecule has 1 heterocycles. The average molecular weight is 296 g/mol. The Morgan fingerprint density at radius 3 is 2.85 bits per heavy atom. The van der Waals surface area contributed by atoms with Crippen LogP contribution in [0.4, 0.5) is 5.69 Å². The molecule has 2 unspecified atom stereocenters. The Hall–Kier alpha value is -0.770. The molecule has 0 aliphatic carbocycles. The van der Waals surface area contributed by atoms with Gasteiger partial charge in [0.15, 0.2) is 0 Å². The summed E-state index contributed by atoms with van der Waals surface area (Å²) in [4.78, 5) is 4.92. The molecular weight excluding hydrogens is 270 g/mol. The first-order valence-electron chi connectivity index (χ1n) is 7.46. The number of hydrogen-bond donors (Lipinski definition) is 1. The van der Waals surface area contributed by atoms with Crippen LogP contribution in [0.15, 0.2) is 18.2 Å². The summed E-state index contributed by atoms with van der Waals surface area (Å²) in [6, 6.07) is 6.87. The topological polar surface area (TPSA) is 32.5 Å². The molecule has 1 aromatic carbocycles. The Balaban J connectivity index is 2.30. The van der Waals surface area contributed by atoms with Crippen molar-refractivity contribution in [3.63, 3.8) is 0 Å². The Kier molecular flexibility index (Phi) is 5.30. The second kappa shape index (κ2) is 6.79. The first-order chi connectivity index (χ1) is 9.47. The predicted molar refractivity (Wildman–Crippen MR) is 87.7 cm³/mol. The lowest BCUT2D eigenvalue weighted by molar-refractivity contribution is 0.337. The minimum atomic E-state index is 0.150. The molecule has 2 atom stereocenters. The van der Waals surface area contributed by atoms with E-state index in [9.17, 15) is 0 Å². The van der Waals surface area contributed by atoms with Gasteiger partial charge in [0.1, 0.15) is 0 Å². The summed E-state index contributed by atoms with van der Waals surface area (Å²) in [7, 11) is 2.20. The quantitative estimate of drug-likeness (QED) is 0.931. The van der Waals surface area contributed by atoms with E-state index in [0.717, 1.165) is 31.1 Å². The number of nitrogens with two attached hydrogens (primary N) is 1. The average Bonchev–Trinajstić information content (AvgIpc) is 2.50. The lowest BCUT2D eigenvalue weighted by Gasteiger charge is -2.32. The monoisotopic (exact) mass is 295 g/mol. The minimum absolute atomic E-state index is 0.150. The van der Waals surface area contributed by atoms with Gasteiger partial charge in [-0.2, -0.15) is 0 Å². The van der Waals surface area contributed by atoms with E-state index in [1.54, 1.807) is 0 Å². The van der Waals surface area contributed by atoms with Gasteiger partial charge in [-0.1, -0.05) is 11.6 Å². The smallest absolute Gasteiger partial charge is 0.0410 e. The van der Waals surface area contributed by atoms with Crippen molar-refractivity contribution in [2.45, 2.75) is 38.8 Å². The van der Waals surface area contributed by atoms with Crippen LogP contribution in [0, 0.1) is 0 Å². The molecule has 0 amide bonds. The van der Waals surface area contributed by atoms with Crippen molar-refractivity contribution >= 4 is 17.3 Å². The summed E-state index contributed by atoms with van der Waals surface area (Å²) in [5.41, 5.74) is 8.56. The van der Waals surface area contributed by atoms with Gasteiger partial charge in [0.2, 0.25) is 0 Å². The highest BCUT2D eigenvalue weighted by molar-refractivity contribution is 6.30. The van der Waals surface area contributed by atoms with Crippen molar-refractivity contribution in [3.05, 3.63) is 28.8 Å². The third-order valence-corrected chi connectivity index (χ3v) is 4.17. The maximum atomic E-state index is 6.16. The molecule has 1 aliphatic rings. The van der Waals surface area contributed by atoms with Gasteiger partial charge in [-0.25, -0.2) is 0 Å². The molecule has 0 spiro atoms. The maximum absolute atomic E-state index is 6.16. The van der Waals surface area contributed by atoms with E-state index in [4.69, 9.17) is 17.3 Å². The molecule has 20 heavy (non-hydrogen) atoms. The van der Waals surface area contributed by atoms with Crippen LogP contribution >= 0.6 is 11.6 Å². The molecule has 1 aromatic rings. The molecule has 1 fully saturated rings. The zero-order chi connectivity index (χ0) is 14.7. The molecule has 0 saturated carbocycles. The standard InChI is InChI=1S/C16H26ClN3/c1-12(18)9-14-10-15(17)5-6-16(14)20-8-4-7-19(3)11-13(20)2/h5-6,10,12-13H,4,7-9,11,18H2,1-3H3. The number of nitrogens with zero attached hydrogens (tertiary/aromatic N) is 2. The van der Waals surface area contributed by atoms with Gasteiger partial charge in [0.05, 0.1) is 0 Å². The van der Waals surface area contributed by atoms with Crippen molar-refractivity contribution in [1.82, 2.24) is 4.90 Å². The third-order valence-electron chi connectivity index (χ3n) is 3.94. The van der Waals surface area contributed by atoms with E-state index in [1.165, 1.54) is 17.7 Å². The van der Waals surface area contributed by atoms with Crippen molar-refractivity contribution < 1.29 is 0 Å². The zero-order valence-electron chi connectivity index (χ0n) is 12.8. The molecule has 3 nitrogen and oxygen atoms in total. The Morgan fingerprint density at radius 2 is 2.15 bits per heavy atom. The van der Waals surface area contributed by atoms with Gasteiger partial charge in [-0.3, -0.25) is 0 Å². The number of anilines is 1. The predicted octanol–water partition coefficient (Wildman–Crippen LogP) is 2.76. The van der Waals surface area contributed by atoms with Gasteiger partial charge in [0, 0.05) is 35.9 Å². The maximum Gasteiger partial charge on any atom is 0.0410 e. The highest BCUT2D eigenvalue weighted by atomic mass is 35.5. The molecule has 0 aromatic heterocycles. The molecule has 1 aliphatic heterocycles. The van der Waals surface area contributed by atoms with Gasteiger partial charge in [0.25, 0.3) is 0 Å². The SMILES string of the molecule is CC(N)Cc1cc(Cl)ccc1N1CCCN(C)CC1C. The lowest BCUT2D eigenvalue weighted by Crippen LogP contribution is -2.38. The summed E-state index contributed by atoms with van der Waals surface area (Å²) in [5.74, 6) is 0. The summed E-state index contributed by atoms with van der Waals surface area (Å²) < 4.78 is 0. The molecule has 2 rings (SSSR count). The third kappa shape index (κ3) is 3.87. The van der Waals surface area contributed by atoms with E-state index < -0.39 is 0 Å². The van der Waals surface area contributed by atoms with Crippen LogP contribution in [-0.4, -0.2) is 43.7 Å². The minimum Gasteiger partial charge on any atom is -0.367 e. The Bertz CT molecular complexity index is 447. The molecular formula is C16H26ClN3. The van der Waals surface area contributed by atoms with E-state index in [2.05, 4.69) is 35.9 Å². The highest BCUT2D eigenvalue weighted by Crippen LogP contribution is 2.28. The van der Waals surface area contributed by atoms with E-state index in [-0.39, 0.29) is 6.04 Å². The summed E-state index contributed by atoms with van der Waals surface area (Å²) in [6.07, 6.45) is 2.07. The normalized spacial score (nSPS) is 22.6. The zero-order valence-corrected chi connectivity index (χ0v) is 13.5. The van der Waals surface area contributed by atoms with Crippen LogP contribution in [0.5, 0.6) is 0 Å². The van der Waals surface area contributed by atoms with Gasteiger partial charge < -0.3 is 15.5 Å². The first kappa shape index (κ1) is 15.6. The molecule has 4 heteroatoms. The molecule has 112 valence electrons. The van der Waals surface area contributed by atoms with Gasteiger partial charge in [-0.15, -0.1) is 0 Å². The summed E-state index contributed by atoms with van der Waals surface area (Å²) in [5, 5.41) is 0.795. The fourth-order valence-electron chi connectivity index (χ4n) is 3.07. The second-order valence-electron chi connectivity index (χ2n) is 6.11. The van der Waals surface area contributed by atoms with E-state index in [0.29, 0.717) is 6.04 Å². The van der Waals surface area contributed by atoms with Crippen LogP contribution in [0.1, 0.15) is 25.8 Å². The van der Waals surface area contributed by atoms with Crippen LogP contribution in [0.3, 0.4) is 0 Å². The summed E-state index contributed by atoms with van der Waals surface area (Å²) >= 11 is 6.16. The van der Waals surface area contributed by atoms with Crippen LogP contribution < -0.4 is 10.6 Å². The lowest BCUT2D eigenvalue weighted by atomic mass is 10.0. The van der Waals surface area contributed by atoms with Crippen molar-refractivity contribution in [2.75, 3.05) is 31.6 Å². The Labute approximate surface area is 127 Å².